The average molecular weight is 399 g/mol. The monoisotopic (exact) mass is 399 g/mol. The maximum atomic E-state index is 12.6. The molecule has 0 radical (unpaired) electrons. The topological polar surface area (TPSA) is 112 Å². The summed E-state index contributed by atoms with van der Waals surface area (Å²) in [5.41, 5.74) is 6.77. The molecule has 0 spiro atoms. The summed E-state index contributed by atoms with van der Waals surface area (Å²) in [5.74, 6) is 0.447. The summed E-state index contributed by atoms with van der Waals surface area (Å²) in [6.07, 6.45) is 3.57. The largest absolute Gasteiger partial charge is 0.497 e. The van der Waals surface area contributed by atoms with Crippen molar-refractivity contribution in [3.63, 3.8) is 0 Å². The molecule has 1 saturated heterocycles. The number of nitrogens with two attached hydrogens (primary N) is 1. The third-order valence-electron chi connectivity index (χ3n) is 5.46. The van der Waals surface area contributed by atoms with Gasteiger partial charge in [0.05, 0.1) is 31.7 Å². The number of rotatable bonds is 7. The van der Waals surface area contributed by atoms with Crippen LogP contribution >= 0.6 is 0 Å². The molecule has 0 saturated carbocycles. The highest BCUT2D eigenvalue weighted by molar-refractivity contribution is 5.95. The fourth-order valence-electron chi connectivity index (χ4n) is 3.83. The molecular weight excluding hydrogens is 372 g/mol. The standard InChI is InChI=1S/C21H26N4O4/c1-29-17-8-5-15(6-9-17)20(24-11-3-2-4-12-24)14-23-21(26)16-7-10-18(22)19(13-16)25(27)28/h5-10,13,20H,2-4,11-12,14,22H2,1H3,(H,23,26)/p+1/t20-/m1/s1. The number of nitrogens with one attached hydrogen (secondary N) is 2. The third kappa shape index (κ3) is 5.03. The summed E-state index contributed by atoms with van der Waals surface area (Å²) < 4.78 is 5.25. The van der Waals surface area contributed by atoms with Crippen LogP contribution in [0, 0.1) is 10.1 Å². The lowest BCUT2D eigenvalue weighted by Gasteiger charge is -2.32. The molecule has 1 aliphatic heterocycles. The van der Waals surface area contributed by atoms with Crippen LogP contribution in [0.25, 0.3) is 0 Å². The minimum absolute atomic E-state index is 0.0421. The van der Waals surface area contributed by atoms with Crippen molar-refractivity contribution in [2.45, 2.75) is 25.3 Å². The molecular formula is C21H27N4O4+. The lowest BCUT2D eigenvalue weighted by Crippen LogP contribution is -3.13. The van der Waals surface area contributed by atoms with E-state index in [1.807, 2.05) is 24.3 Å². The molecule has 0 aliphatic carbocycles. The van der Waals surface area contributed by atoms with Gasteiger partial charge < -0.3 is 20.7 Å². The molecule has 1 atom stereocenters. The molecule has 8 heteroatoms. The zero-order valence-corrected chi connectivity index (χ0v) is 16.5. The number of amides is 1. The number of nitro groups is 1. The lowest BCUT2D eigenvalue weighted by atomic mass is 10.0. The van der Waals surface area contributed by atoms with Crippen LogP contribution in [0.3, 0.4) is 0 Å². The molecule has 3 rings (SSSR count). The van der Waals surface area contributed by atoms with Crippen LogP contribution in [0.4, 0.5) is 11.4 Å². The van der Waals surface area contributed by atoms with E-state index in [1.165, 1.54) is 42.4 Å². The zero-order chi connectivity index (χ0) is 20.8. The number of likely N-dealkylation sites (tertiary alicyclic amines) is 1. The molecule has 4 N–H and O–H groups in total. The van der Waals surface area contributed by atoms with E-state index in [1.54, 1.807) is 7.11 Å². The van der Waals surface area contributed by atoms with Crippen LogP contribution in [0.5, 0.6) is 5.75 Å². The number of piperidine rings is 1. The van der Waals surface area contributed by atoms with Crippen LogP contribution in [0.1, 0.15) is 41.2 Å². The van der Waals surface area contributed by atoms with Gasteiger partial charge in [0.1, 0.15) is 17.5 Å². The summed E-state index contributed by atoms with van der Waals surface area (Å²) in [6.45, 7) is 2.55. The summed E-state index contributed by atoms with van der Waals surface area (Å²) in [5, 5.41) is 14.0. The van der Waals surface area contributed by atoms with E-state index in [-0.39, 0.29) is 28.9 Å². The van der Waals surface area contributed by atoms with Gasteiger partial charge in [0.15, 0.2) is 0 Å². The second-order valence-corrected chi connectivity index (χ2v) is 7.29. The van der Waals surface area contributed by atoms with Gasteiger partial charge in [-0.25, -0.2) is 0 Å². The Morgan fingerprint density at radius 1 is 1.21 bits per heavy atom. The Morgan fingerprint density at radius 3 is 2.52 bits per heavy atom. The van der Waals surface area contributed by atoms with E-state index in [9.17, 15) is 14.9 Å². The second kappa shape index (κ2) is 9.38. The smallest absolute Gasteiger partial charge is 0.292 e. The fraction of sp³-hybridized carbons (Fsp3) is 0.381. The van der Waals surface area contributed by atoms with Crippen molar-refractivity contribution in [3.05, 3.63) is 63.7 Å². The van der Waals surface area contributed by atoms with Crippen molar-refractivity contribution < 1.29 is 19.4 Å². The van der Waals surface area contributed by atoms with Crippen LogP contribution in [0.2, 0.25) is 0 Å². The summed E-state index contributed by atoms with van der Waals surface area (Å²) in [4.78, 5) is 24.6. The predicted molar refractivity (Wildman–Crippen MR) is 110 cm³/mol. The maximum absolute atomic E-state index is 12.6. The Morgan fingerprint density at radius 2 is 1.90 bits per heavy atom. The van der Waals surface area contributed by atoms with Gasteiger partial charge in [-0.3, -0.25) is 14.9 Å². The highest BCUT2D eigenvalue weighted by Crippen LogP contribution is 2.22. The molecule has 1 aliphatic rings. The molecule has 1 amide bonds. The first kappa shape index (κ1) is 20.6. The van der Waals surface area contributed by atoms with Gasteiger partial charge in [0.2, 0.25) is 0 Å². The van der Waals surface area contributed by atoms with Gasteiger partial charge in [-0.2, -0.15) is 0 Å². The van der Waals surface area contributed by atoms with Crippen LogP contribution in [-0.4, -0.2) is 37.6 Å². The first-order valence-corrected chi connectivity index (χ1v) is 9.80. The molecule has 0 bridgehead atoms. The quantitative estimate of drug-likeness (QED) is 0.373. The molecule has 8 nitrogen and oxygen atoms in total. The van der Waals surface area contributed by atoms with E-state index in [0.29, 0.717) is 6.54 Å². The molecule has 2 aromatic carbocycles. The van der Waals surface area contributed by atoms with Gasteiger partial charge >= 0.3 is 0 Å². The summed E-state index contributed by atoms with van der Waals surface area (Å²) >= 11 is 0. The SMILES string of the molecule is COc1ccc([C@@H](CNC(=O)c2ccc(N)c([N+](=O)[O-])c2)[NH+]2CCCCC2)cc1. The number of nitrogens with zero attached hydrogens (tertiary/aromatic N) is 1. The number of nitro benzene ring substituents is 1. The number of methoxy groups -OCH3 is 1. The molecule has 1 heterocycles. The van der Waals surface area contributed by atoms with Crippen molar-refractivity contribution in [1.82, 2.24) is 5.32 Å². The Balaban J connectivity index is 1.76. The number of nitrogen functional groups attached to an aromatic ring is 1. The number of quaternary nitrogens is 1. The number of hydrogen-bond donors (Lipinski definition) is 3. The van der Waals surface area contributed by atoms with Gasteiger partial charge in [0, 0.05) is 17.2 Å². The minimum atomic E-state index is -0.579. The number of benzene rings is 2. The van der Waals surface area contributed by atoms with Crippen LogP contribution in [-0.2, 0) is 0 Å². The molecule has 0 aromatic heterocycles. The first-order valence-electron chi connectivity index (χ1n) is 9.80. The highest BCUT2D eigenvalue weighted by Gasteiger charge is 2.27. The number of ether oxygens (including phenoxy) is 1. The van der Waals surface area contributed by atoms with Crippen molar-refractivity contribution >= 4 is 17.3 Å². The summed E-state index contributed by atoms with van der Waals surface area (Å²) in [7, 11) is 1.63. The molecule has 2 aromatic rings. The fourth-order valence-corrected chi connectivity index (χ4v) is 3.83. The number of carbonyl (C=O) groups excluding carboxylic acids is 1. The van der Waals surface area contributed by atoms with E-state index in [4.69, 9.17) is 10.5 Å². The van der Waals surface area contributed by atoms with Gasteiger partial charge in [-0.05, 0) is 55.7 Å². The lowest BCUT2D eigenvalue weighted by molar-refractivity contribution is -0.935. The molecule has 29 heavy (non-hydrogen) atoms. The van der Waals surface area contributed by atoms with Crippen LogP contribution in [0.15, 0.2) is 42.5 Å². The Bertz CT molecular complexity index is 863. The third-order valence-corrected chi connectivity index (χ3v) is 5.46. The van der Waals surface area contributed by atoms with E-state index < -0.39 is 4.92 Å². The summed E-state index contributed by atoms with van der Waals surface area (Å²) in [6, 6.07) is 12.2. The van der Waals surface area contributed by atoms with E-state index in [0.717, 1.165) is 24.4 Å². The van der Waals surface area contributed by atoms with E-state index in [2.05, 4.69) is 5.32 Å². The normalized spacial score (nSPS) is 15.5. The van der Waals surface area contributed by atoms with E-state index >= 15 is 0 Å². The van der Waals surface area contributed by atoms with Gasteiger partial charge in [0.25, 0.3) is 11.6 Å². The van der Waals surface area contributed by atoms with Crippen molar-refractivity contribution in [2.75, 3.05) is 32.5 Å². The molecule has 1 fully saturated rings. The average Bonchev–Trinajstić information content (AvgIpc) is 2.75. The molecule has 154 valence electrons. The molecule has 0 unspecified atom stereocenters. The van der Waals surface area contributed by atoms with Gasteiger partial charge in [-0.15, -0.1) is 0 Å². The van der Waals surface area contributed by atoms with Gasteiger partial charge in [-0.1, -0.05) is 0 Å². The van der Waals surface area contributed by atoms with Crippen molar-refractivity contribution in [3.8, 4) is 5.75 Å². The Labute approximate surface area is 169 Å². The minimum Gasteiger partial charge on any atom is -0.497 e. The van der Waals surface area contributed by atoms with Crippen LogP contribution < -0.4 is 20.7 Å². The Hall–Kier alpha value is -3.13. The van der Waals surface area contributed by atoms with Crippen molar-refractivity contribution in [1.29, 1.82) is 0 Å². The number of anilines is 1. The zero-order valence-electron chi connectivity index (χ0n) is 16.5. The maximum Gasteiger partial charge on any atom is 0.292 e. The highest BCUT2D eigenvalue weighted by atomic mass is 16.6. The van der Waals surface area contributed by atoms with Crippen molar-refractivity contribution in [2.24, 2.45) is 0 Å². The second-order valence-electron chi connectivity index (χ2n) is 7.29. The predicted octanol–water partition coefficient (Wildman–Crippen LogP) is 1.73. The number of carbonyl (C=O) groups is 1. The first-order chi connectivity index (χ1) is 14.0. The number of hydrogen-bond acceptors (Lipinski definition) is 5. The Kier molecular flexibility index (Phi) is 6.66.